The summed E-state index contributed by atoms with van der Waals surface area (Å²) in [7, 11) is 0. The number of carbonyl (C=O) groups excluding carboxylic acids is 1. The maximum atomic E-state index is 12.2. The second-order valence-corrected chi connectivity index (χ2v) is 6.13. The van der Waals surface area contributed by atoms with Crippen LogP contribution >= 0.6 is 0 Å². The Morgan fingerprint density at radius 3 is 2.70 bits per heavy atom. The van der Waals surface area contributed by atoms with Gasteiger partial charge in [0.1, 0.15) is 5.69 Å². The number of ether oxygens (including phenoxy) is 1. The predicted octanol–water partition coefficient (Wildman–Crippen LogP) is 1.02. The number of nitrogens with zero attached hydrogens (tertiary/aromatic N) is 2. The Morgan fingerprint density at radius 1 is 1.43 bits per heavy atom. The van der Waals surface area contributed by atoms with E-state index in [-0.39, 0.29) is 28.4 Å². The number of anilines is 1. The minimum Gasteiger partial charge on any atom is -0.393 e. The van der Waals surface area contributed by atoms with Gasteiger partial charge in [0.2, 0.25) is 0 Å². The van der Waals surface area contributed by atoms with Gasteiger partial charge in [0.15, 0.2) is 0 Å². The fraction of sp³-hybridized carbons (Fsp3) is 0.533. The molecule has 3 N–H and O–H groups in total. The van der Waals surface area contributed by atoms with Crippen LogP contribution in [0.1, 0.15) is 24.2 Å². The highest BCUT2D eigenvalue weighted by Gasteiger charge is 2.28. The quantitative estimate of drug-likeness (QED) is 0.475. The minimum absolute atomic E-state index is 0.0418. The van der Waals surface area contributed by atoms with Crippen LogP contribution in [0.2, 0.25) is 0 Å². The van der Waals surface area contributed by atoms with Crippen molar-refractivity contribution >= 4 is 17.3 Å². The van der Waals surface area contributed by atoms with Gasteiger partial charge in [-0.1, -0.05) is 0 Å². The molecule has 1 saturated heterocycles. The summed E-state index contributed by atoms with van der Waals surface area (Å²) in [6, 6.07) is 4.06. The first-order valence-electron chi connectivity index (χ1n) is 7.46. The van der Waals surface area contributed by atoms with E-state index in [0.717, 1.165) is 13.1 Å². The highest BCUT2D eigenvalue weighted by molar-refractivity contribution is 5.95. The Bertz CT molecular complexity index is 597. The van der Waals surface area contributed by atoms with E-state index in [9.17, 15) is 14.9 Å². The monoisotopic (exact) mass is 322 g/mol. The van der Waals surface area contributed by atoms with Crippen molar-refractivity contribution in [2.24, 2.45) is 0 Å². The van der Waals surface area contributed by atoms with E-state index >= 15 is 0 Å². The summed E-state index contributed by atoms with van der Waals surface area (Å²) in [4.78, 5) is 24.8. The number of carbonyl (C=O) groups is 1. The second-order valence-electron chi connectivity index (χ2n) is 6.13. The molecule has 0 radical (unpaired) electrons. The van der Waals surface area contributed by atoms with Crippen LogP contribution in [-0.2, 0) is 4.74 Å². The molecule has 0 unspecified atom stereocenters. The Hall–Kier alpha value is -2.19. The number of nitro groups is 1. The molecule has 1 fully saturated rings. The van der Waals surface area contributed by atoms with Gasteiger partial charge in [-0.2, -0.15) is 0 Å². The molecule has 0 spiro atoms. The molecule has 0 aliphatic carbocycles. The van der Waals surface area contributed by atoms with E-state index in [1.807, 2.05) is 13.8 Å². The molecule has 1 aromatic rings. The van der Waals surface area contributed by atoms with Gasteiger partial charge in [-0.15, -0.1) is 0 Å². The number of hydrogen-bond acceptors (Lipinski definition) is 6. The third-order valence-electron chi connectivity index (χ3n) is 4.04. The largest absolute Gasteiger partial charge is 0.393 e. The molecule has 1 aliphatic heterocycles. The first-order valence-corrected chi connectivity index (χ1v) is 7.46. The summed E-state index contributed by atoms with van der Waals surface area (Å²) in [5.41, 5.74) is 5.32. The average molecular weight is 322 g/mol. The SMILES string of the molecule is CC(C)(CNC(=O)c1ccc(N)c([N+](=O)[O-])c1)N1CCOCC1. The molecular weight excluding hydrogens is 300 g/mol. The molecular formula is C15H22N4O4. The molecule has 1 aliphatic rings. The van der Waals surface area contributed by atoms with Crippen LogP contribution in [0.5, 0.6) is 0 Å². The van der Waals surface area contributed by atoms with E-state index in [0.29, 0.717) is 19.8 Å². The van der Waals surface area contributed by atoms with Crippen molar-refractivity contribution in [3.63, 3.8) is 0 Å². The van der Waals surface area contributed by atoms with E-state index in [1.165, 1.54) is 18.2 Å². The van der Waals surface area contributed by atoms with Crippen molar-refractivity contribution in [2.45, 2.75) is 19.4 Å². The fourth-order valence-corrected chi connectivity index (χ4v) is 2.52. The topological polar surface area (TPSA) is 111 Å². The van der Waals surface area contributed by atoms with E-state index in [1.54, 1.807) is 0 Å². The molecule has 8 nitrogen and oxygen atoms in total. The van der Waals surface area contributed by atoms with Crippen LogP contribution in [0.25, 0.3) is 0 Å². The molecule has 1 aromatic carbocycles. The van der Waals surface area contributed by atoms with Crippen LogP contribution in [0.3, 0.4) is 0 Å². The lowest BCUT2D eigenvalue weighted by Crippen LogP contribution is -2.55. The van der Waals surface area contributed by atoms with E-state index in [4.69, 9.17) is 10.5 Å². The van der Waals surface area contributed by atoms with Crippen LogP contribution < -0.4 is 11.1 Å². The van der Waals surface area contributed by atoms with Crippen LogP contribution in [0.4, 0.5) is 11.4 Å². The minimum atomic E-state index is -0.593. The smallest absolute Gasteiger partial charge is 0.292 e. The van der Waals surface area contributed by atoms with Crippen molar-refractivity contribution in [1.29, 1.82) is 0 Å². The molecule has 126 valence electrons. The Morgan fingerprint density at radius 2 is 2.09 bits per heavy atom. The Labute approximate surface area is 134 Å². The summed E-state index contributed by atoms with van der Waals surface area (Å²) < 4.78 is 5.33. The number of benzene rings is 1. The maximum absolute atomic E-state index is 12.2. The van der Waals surface area contributed by atoms with Crippen LogP contribution in [0.15, 0.2) is 18.2 Å². The zero-order valence-corrected chi connectivity index (χ0v) is 13.4. The number of rotatable bonds is 5. The molecule has 2 rings (SSSR count). The molecule has 0 saturated carbocycles. The summed E-state index contributed by atoms with van der Waals surface area (Å²) in [5, 5.41) is 13.7. The molecule has 0 aromatic heterocycles. The number of nitrogen functional groups attached to an aromatic ring is 1. The third-order valence-corrected chi connectivity index (χ3v) is 4.04. The lowest BCUT2D eigenvalue weighted by Gasteiger charge is -2.40. The fourth-order valence-electron chi connectivity index (χ4n) is 2.52. The molecule has 23 heavy (non-hydrogen) atoms. The van der Waals surface area contributed by atoms with E-state index < -0.39 is 4.92 Å². The van der Waals surface area contributed by atoms with Crippen molar-refractivity contribution < 1.29 is 14.5 Å². The predicted molar refractivity (Wildman–Crippen MR) is 86.3 cm³/mol. The number of nitrogens with two attached hydrogens (primary N) is 1. The second kappa shape index (κ2) is 6.93. The van der Waals surface area contributed by atoms with Crippen LogP contribution in [0, 0.1) is 10.1 Å². The number of morpholine rings is 1. The van der Waals surface area contributed by atoms with Gasteiger partial charge >= 0.3 is 0 Å². The van der Waals surface area contributed by atoms with Crippen molar-refractivity contribution in [3.8, 4) is 0 Å². The lowest BCUT2D eigenvalue weighted by atomic mass is 10.0. The van der Waals surface area contributed by atoms with Gasteiger partial charge in [-0.3, -0.25) is 19.8 Å². The highest BCUT2D eigenvalue weighted by atomic mass is 16.6. The van der Waals surface area contributed by atoms with Crippen molar-refractivity contribution in [3.05, 3.63) is 33.9 Å². The Kier molecular flexibility index (Phi) is 5.17. The van der Waals surface area contributed by atoms with Gasteiger partial charge < -0.3 is 15.8 Å². The first kappa shape index (κ1) is 17.2. The summed E-state index contributed by atoms with van der Waals surface area (Å²) in [6.07, 6.45) is 0. The van der Waals surface area contributed by atoms with Crippen molar-refractivity contribution in [1.82, 2.24) is 10.2 Å². The molecule has 0 atom stereocenters. The maximum Gasteiger partial charge on any atom is 0.292 e. The molecule has 1 amide bonds. The number of nitro benzene ring substituents is 1. The average Bonchev–Trinajstić information content (AvgIpc) is 2.53. The summed E-state index contributed by atoms with van der Waals surface area (Å²) >= 11 is 0. The molecule has 1 heterocycles. The lowest BCUT2D eigenvalue weighted by molar-refractivity contribution is -0.383. The first-order chi connectivity index (χ1) is 10.8. The number of hydrogen-bond donors (Lipinski definition) is 2. The van der Waals surface area contributed by atoms with Gasteiger partial charge in [-0.05, 0) is 26.0 Å². The van der Waals surface area contributed by atoms with Gasteiger partial charge in [0, 0.05) is 36.8 Å². The zero-order chi connectivity index (χ0) is 17.0. The van der Waals surface area contributed by atoms with Gasteiger partial charge in [0.05, 0.1) is 18.1 Å². The third kappa shape index (κ3) is 4.17. The summed E-state index contributed by atoms with van der Waals surface area (Å²) in [5.74, 6) is -0.352. The summed E-state index contributed by atoms with van der Waals surface area (Å²) in [6.45, 7) is 7.52. The highest BCUT2D eigenvalue weighted by Crippen LogP contribution is 2.22. The molecule has 0 bridgehead atoms. The van der Waals surface area contributed by atoms with Crippen LogP contribution in [-0.4, -0.2) is 54.1 Å². The Balaban J connectivity index is 2.01. The zero-order valence-electron chi connectivity index (χ0n) is 13.4. The van der Waals surface area contributed by atoms with Gasteiger partial charge in [0.25, 0.3) is 11.6 Å². The normalized spacial score (nSPS) is 16.1. The molecule has 8 heteroatoms. The van der Waals surface area contributed by atoms with Crippen molar-refractivity contribution in [2.75, 3.05) is 38.6 Å². The van der Waals surface area contributed by atoms with Gasteiger partial charge in [-0.25, -0.2) is 0 Å². The number of nitrogens with one attached hydrogen (secondary N) is 1. The van der Waals surface area contributed by atoms with E-state index in [2.05, 4.69) is 10.2 Å². The standard InChI is InChI=1S/C15H22N4O4/c1-15(2,18-5-7-23-8-6-18)10-17-14(20)11-3-4-12(16)13(9-11)19(21)22/h3-4,9H,5-8,10,16H2,1-2H3,(H,17,20). The number of amides is 1.